The first-order valence-electron chi connectivity index (χ1n) is 6.44. The molecule has 0 fully saturated rings. The Hall–Kier alpha value is -1.12. The zero-order valence-corrected chi connectivity index (χ0v) is 15.1. The molecule has 0 radical (unpaired) electrons. The Bertz CT molecular complexity index is 712. The lowest BCUT2D eigenvalue weighted by molar-refractivity contribution is -0.127. The molecule has 21 heavy (non-hydrogen) atoms. The van der Waals surface area contributed by atoms with Crippen LogP contribution >= 0.6 is 31.9 Å². The van der Waals surface area contributed by atoms with Crippen LogP contribution in [0.25, 0.3) is 5.65 Å². The van der Waals surface area contributed by atoms with E-state index in [1.165, 1.54) is 0 Å². The van der Waals surface area contributed by atoms with Crippen molar-refractivity contribution in [1.29, 1.82) is 0 Å². The van der Waals surface area contributed by atoms with Crippen LogP contribution in [0.2, 0.25) is 0 Å². The van der Waals surface area contributed by atoms with Gasteiger partial charge in [-0.2, -0.15) is 0 Å². The van der Waals surface area contributed by atoms with Gasteiger partial charge in [0.25, 0.3) is 5.91 Å². The van der Waals surface area contributed by atoms with Gasteiger partial charge in [-0.25, -0.2) is 10.5 Å². The van der Waals surface area contributed by atoms with Crippen LogP contribution in [-0.2, 0) is 11.2 Å². The molecule has 0 saturated heterocycles. The van der Waals surface area contributed by atoms with Gasteiger partial charge in [0.05, 0.1) is 16.7 Å². The Morgan fingerprint density at radius 3 is 2.57 bits per heavy atom. The third kappa shape index (κ3) is 2.79. The van der Waals surface area contributed by atoms with Crippen LogP contribution in [0.1, 0.15) is 23.9 Å². The Labute approximate surface area is 139 Å². The molecule has 0 aliphatic rings. The monoisotopic (exact) mass is 418 g/mol. The topological polar surface area (TPSA) is 78.7 Å². The number of pyridine rings is 1. The van der Waals surface area contributed by atoms with E-state index in [2.05, 4.69) is 42.2 Å². The number of aryl methyl sites for hydroxylation is 2. The highest BCUT2D eigenvalue weighted by Crippen LogP contribution is 2.34. The van der Waals surface area contributed by atoms with Gasteiger partial charge in [-0.1, -0.05) is 6.92 Å². The number of halogens is 2. The van der Waals surface area contributed by atoms with Crippen LogP contribution in [0, 0.1) is 13.8 Å². The highest BCUT2D eigenvalue weighted by molar-refractivity contribution is 9.11. The van der Waals surface area contributed by atoms with Crippen LogP contribution in [0.15, 0.2) is 8.95 Å². The van der Waals surface area contributed by atoms with E-state index in [1.807, 2.05) is 25.2 Å². The van der Waals surface area contributed by atoms with Gasteiger partial charge in [0.15, 0.2) is 5.65 Å². The average molecular weight is 420 g/mol. The quantitative estimate of drug-likeness (QED) is 0.525. The van der Waals surface area contributed by atoms with Gasteiger partial charge in [-0.3, -0.25) is 14.4 Å². The average Bonchev–Trinajstić information content (AvgIpc) is 2.87. The third-order valence-corrected chi connectivity index (χ3v) is 5.45. The van der Waals surface area contributed by atoms with E-state index in [-0.39, 0.29) is 6.54 Å². The SMILES string of the molecule is CCc1nc2c(Br)c(C)c(Br)c(C)n2c1NCC(=O)NO. The Morgan fingerprint density at radius 1 is 1.33 bits per heavy atom. The lowest BCUT2D eigenvalue weighted by atomic mass is 10.2. The maximum absolute atomic E-state index is 11.2. The largest absolute Gasteiger partial charge is 0.360 e. The summed E-state index contributed by atoms with van der Waals surface area (Å²) in [6.45, 7) is 5.97. The molecule has 0 saturated carbocycles. The summed E-state index contributed by atoms with van der Waals surface area (Å²) in [6, 6.07) is 0. The molecular weight excluding hydrogens is 404 g/mol. The maximum Gasteiger partial charge on any atom is 0.262 e. The maximum atomic E-state index is 11.2. The van der Waals surface area contributed by atoms with Crippen molar-refractivity contribution in [2.75, 3.05) is 11.9 Å². The summed E-state index contributed by atoms with van der Waals surface area (Å²) < 4.78 is 3.86. The molecule has 0 aliphatic carbocycles. The van der Waals surface area contributed by atoms with Crippen LogP contribution in [0.4, 0.5) is 5.82 Å². The van der Waals surface area contributed by atoms with Crippen molar-refractivity contribution >= 4 is 49.2 Å². The number of fused-ring (bicyclic) bond motifs is 1. The minimum atomic E-state index is -0.505. The second kappa shape index (κ2) is 6.33. The molecule has 0 unspecified atom stereocenters. The van der Waals surface area contributed by atoms with Crippen molar-refractivity contribution < 1.29 is 10.0 Å². The Morgan fingerprint density at radius 2 is 2.00 bits per heavy atom. The fourth-order valence-electron chi connectivity index (χ4n) is 2.20. The molecule has 2 rings (SSSR count). The van der Waals surface area contributed by atoms with Gasteiger partial charge < -0.3 is 5.32 Å². The molecule has 3 N–H and O–H groups in total. The van der Waals surface area contributed by atoms with E-state index in [4.69, 9.17) is 5.21 Å². The van der Waals surface area contributed by atoms with Crippen LogP contribution in [0.5, 0.6) is 0 Å². The molecule has 0 bridgehead atoms. The Balaban J connectivity index is 2.65. The van der Waals surface area contributed by atoms with Crippen LogP contribution in [-0.4, -0.2) is 27.0 Å². The molecule has 2 aromatic rings. The second-order valence-electron chi connectivity index (χ2n) is 4.65. The van der Waals surface area contributed by atoms with Crippen molar-refractivity contribution in [3.63, 3.8) is 0 Å². The first-order chi connectivity index (χ1) is 9.92. The molecule has 8 heteroatoms. The van der Waals surface area contributed by atoms with Gasteiger partial charge in [0, 0.05) is 10.2 Å². The normalized spacial score (nSPS) is 11.0. The number of nitrogens with zero attached hydrogens (tertiary/aromatic N) is 2. The molecule has 2 heterocycles. The molecule has 1 amide bonds. The van der Waals surface area contributed by atoms with Crippen LogP contribution in [0.3, 0.4) is 0 Å². The summed E-state index contributed by atoms with van der Waals surface area (Å²) in [7, 11) is 0. The zero-order chi connectivity index (χ0) is 15.7. The number of nitrogens with one attached hydrogen (secondary N) is 2. The van der Waals surface area contributed by atoms with Crippen molar-refractivity contribution in [1.82, 2.24) is 14.9 Å². The van der Waals surface area contributed by atoms with Crippen molar-refractivity contribution in [3.8, 4) is 0 Å². The summed E-state index contributed by atoms with van der Waals surface area (Å²) >= 11 is 7.16. The molecule has 114 valence electrons. The molecular formula is C13H16Br2N4O2. The van der Waals surface area contributed by atoms with Gasteiger partial charge in [0.1, 0.15) is 5.82 Å². The number of hydrogen-bond donors (Lipinski definition) is 3. The van der Waals surface area contributed by atoms with E-state index in [0.29, 0.717) is 0 Å². The summed E-state index contributed by atoms with van der Waals surface area (Å²) in [5.74, 6) is 0.255. The number of imidazole rings is 1. The predicted molar refractivity (Wildman–Crippen MR) is 87.9 cm³/mol. The van der Waals surface area contributed by atoms with E-state index >= 15 is 0 Å². The fourth-order valence-corrected chi connectivity index (χ4v) is 3.31. The lowest BCUT2D eigenvalue weighted by Crippen LogP contribution is -2.27. The Kier molecular flexibility index (Phi) is 4.90. The smallest absolute Gasteiger partial charge is 0.262 e. The first kappa shape index (κ1) is 16.3. The minimum absolute atomic E-state index is 0.0279. The first-order valence-corrected chi connectivity index (χ1v) is 8.03. The molecule has 0 aliphatic heterocycles. The van der Waals surface area contributed by atoms with Crippen LogP contribution < -0.4 is 10.8 Å². The number of hydrogen-bond acceptors (Lipinski definition) is 4. The summed E-state index contributed by atoms with van der Waals surface area (Å²) in [4.78, 5) is 15.9. The molecule has 0 atom stereocenters. The number of carbonyl (C=O) groups excluding carboxylic acids is 1. The van der Waals surface area contributed by atoms with Crippen molar-refractivity contribution in [2.45, 2.75) is 27.2 Å². The van der Waals surface area contributed by atoms with E-state index in [1.54, 1.807) is 5.48 Å². The van der Waals surface area contributed by atoms with Gasteiger partial charge >= 0.3 is 0 Å². The van der Waals surface area contributed by atoms with E-state index in [9.17, 15) is 4.79 Å². The third-order valence-electron chi connectivity index (χ3n) is 3.33. The number of rotatable bonds is 4. The predicted octanol–water partition coefficient (Wildman–Crippen LogP) is 2.96. The number of carbonyl (C=O) groups is 1. The fraction of sp³-hybridized carbons (Fsp3) is 0.385. The molecule has 6 nitrogen and oxygen atoms in total. The number of hydroxylamine groups is 1. The van der Waals surface area contributed by atoms with E-state index in [0.717, 1.165) is 43.8 Å². The van der Waals surface area contributed by atoms with Crippen molar-refractivity contribution in [3.05, 3.63) is 25.9 Å². The highest BCUT2D eigenvalue weighted by Gasteiger charge is 2.19. The number of aromatic nitrogens is 2. The minimum Gasteiger partial charge on any atom is -0.360 e. The standard InChI is InChI=1S/C13H16Br2N4O2/c1-4-8-12(16-5-9(20)18-21)19-7(3)10(14)6(2)11(15)13(19)17-8/h16,21H,4-5H2,1-3H3,(H,18,20). The molecule has 0 aromatic carbocycles. The lowest BCUT2D eigenvalue weighted by Gasteiger charge is -2.13. The summed E-state index contributed by atoms with van der Waals surface area (Å²) in [5.41, 5.74) is 5.34. The second-order valence-corrected chi connectivity index (χ2v) is 6.23. The molecule has 0 spiro atoms. The van der Waals surface area contributed by atoms with Crippen molar-refractivity contribution in [2.24, 2.45) is 0 Å². The highest BCUT2D eigenvalue weighted by atomic mass is 79.9. The number of amides is 1. The molecule has 2 aromatic heterocycles. The zero-order valence-electron chi connectivity index (χ0n) is 11.9. The van der Waals surface area contributed by atoms with Gasteiger partial charge in [0.2, 0.25) is 0 Å². The van der Waals surface area contributed by atoms with Gasteiger partial charge in [-0.15, -0.1) is 0 Å². The summed E-state index contributed by atoms with van der Waals surface area (Å²) in [6.07, 6.45) is 0.729. The summed E-state index contributed by atoms with van der Waals surface area (Å²) in [5, 5.41) is 11.6. The number of anilines is 1. The van der Waals surface area contributed by atoms with E-state index < -0.39 is 5.91 Å². The van der Waals surface area contributed by atoms with Gasteiger partial charge in [-0.05, 0) is 57.7 Å².